The second-order valence-corrected chi connectivity index (χ2v) is 2.69. The molecule has 1 aromatic heterocycles. The molecule has 13 heavy (non-hydrogen) atoms. The van der Waals surface area contributed by atoms with Crippen molar-refractivity contribution in [1.29, 1.82) is 0 Å². The summed E-state index contributed by atoms with van der Waals surface area (Å²) < 4.78 is 0. The number of aromatic carboxylic acids is 1. The third-order valence-corrected chi connectivity index (χ3v) is 1.91. The molecule has 0 unspecified atom stereocenters. The lowest BCUT2D eigenvalue weighted by Gasteiger charge is -2.07. The second-order valence-electron chi connectivity index (χ2n) is 2.69. The third-order valence-electron chi connectivity index (χ3n) is 1.91. The summed E-state index contributed by atoms with van der Waals surface area (Å²) in [6, 6.07) is 0. The van der Waals surface area contributed by atoms with Gasteiger partial charge in [0.25, 0.3) is 0 Å². The molecule has 1 aromatic rings. The molecule has 70 valence electrons. The number of anilines is 1. The van der Waals surface area contributed by atoms with Crippen LogP contribution >= 0.6 is 0 Å². The van der Waals surface area contributed by atoms with E-state index >= 15 is 0 Å². The number of nitrogens with zero attached hydrogens (tertiary/aromatic N) is 2. The maximum atomic E-state index is 10.8. The minimum atomic E-state index is -0.986. The van der Waals surface area contributed by atoms with Crippen LogP contribution in [0.15, 0.2) is 0 Å². The van der Waals surface area contributed by atoms with E-state index in [0.717, 1.165) is 0 Å². The molecule has 0 atom stereocenters. The van der Waals surface area contributed by atoms with Gasteiger partial charge in [0.2, 0.25) is 0 Å². The Morgan fingerprint density at radius 2 is 2.00 bits per heavy atom. The van der Waals surface area contributed by atoms with Crippen LogP contribution in [-0.2, 0) is 0 Å². The van der Waals surface area contributed by atoms with Crippen LogP contribution in [-0.4, -0.2) is 28.3 Å². The molecule has 0 saturated carbocycles. The Balaban J connectivity index is 3.41. The first-order valence-electron chi connectivity index (χ1n) is 3.82. The largest absolute Gasteiger partial charge is 0.478 e. The zero-order valence-electron chi connectivity index (χ0n) is 7.75. The molecule has 1 rings (SSSR count). The van der Waals surface area contributed by atoms with Crippen LogP contribution in [0.1, 0.15) is 21.6 Å². The first kappa shape index (κ1) is 9.44. The van der Waals surface area contributed by atoms with E-state index in [0.29, 0.717) is 17.1 Å². The summed E-state index contributed by atoms with van der Waals surface area (Å²) in [5, 5.41) is 19.1. The fourth-order valence-corrected chi connectivity index (χ4v) is 1.05. The number of aromatic nitrogens is 2. The lowest BCUT2D eigenvalue weighted by molar-refractivity contribution is 0.0696. The number of nitrogens with one attached hydrogen (secondary N) is 1. The van der Waals surface area contributed by atoms with Gasteiger partial charge in [-0.2, -0.15) is 5.10 Å². The summed E-state index contributed by atoms with van der Waals surface area (Å²) >= 11 is 0. The monoisotopic (exact) mass is 181 g/mol. The van der Waals surface area contributed by atoms with Crippen molar-refractivity contribution in [2.24, 2.45) is 0 Å². The van der Waals surface area contributed by atoms with Gasteiger partial charge in [0.15, 0.2) is 5.82 Å². The number of aryl methyl sites for hydroxylation is 1. The van der Waals surface area contributed by atoms with E-state index in [-0.39, 0.29) is 5.56 Å². The van der Waals surface area contributed by atoms with Gasteiger partial charge >= 0.3 is 5.97 Å². The van der Waals surface area contributed by atoms with Gasteiger partial charge in [-0.05, 0) is 19.4 Å². The van der Waals surface area contributed by atoms with Crippen molar-refractivity contribution in [3.05, 3.63) is 16.8 Å². The second kappa shape index (κ2) is 3.38. The van der Waals surface area contributed by atoms with Crippen LogP contribution in [0.2, 0.25) is 0 Å². The summed E-state index contributed by atoms with van der Waals surface area (Å²) in [6.45, 7) is 3.45. The van der Waals surface area contributed by atoms with Crippen molar-refractivity contribution in [3.63, 3.8) is 0 Å². The van der Waals surface area contributed by atoms with Gasteiger partial charge in [-0.1, -0.05) is 0 Å². The van der Waals surface area contributed by atoms with Gasteiger partial charge in [0, 0.05) is 7.05 Å². The molecule has 0 fully saturated rings. The van der Waals surface area contributed by atoms with Crippen LogP contribution in [0, 0.1) is 13.8 Å². The quantitative estimate of drug-likeness (QED) is 0.706. The molecule has 0 spiro atoms. The Morgan fingerprint density at radius 1 is 1.38 bits per heavy atom. The summed E-state index contributed by atoms with van der Waals surface area (Å²) in [5.41, 5.74) is 1.47. The number of carboxylic acid groups (broad SMARTS) is 1. The van der Waals surface area contributed by atoms with E-state index in [1.807, 2.05) is 0 Å². The van der Waals surface area contributed by atoms with E-state index in [9.17, 15) is 4.79 Å². The average Bonchev–Trinajstić information content (AvgIpc) is 2.08. The average molecular weight is 181 g/mol. The van der Waals surface area contributed by atoms with Crippen molar-refractivity contribution in [3.8, 4) is 0 Å². The molecule has 0 bridgehead atoms. The topological polar surface area (TPSA) is 75.1 Å². The Labute approximate surface area is 75.8 Å². The molecule has 0 aromatic carbocycles. The van der Waals surface area contributed by atoms with E-state index < -0.39 is 5.97 Å². The van der Waals surface area contributed by atoms with E-state index in [1.165, 1.54) is 0 Å². The van der Waals surface area contributed by atoms with Crippen molar-refractivity contribution in [2.75, 3.05) is 12.4 Å². The molecule has 5 nitrogen and oxygen atoms in total. The smallest absolute Gasteiger partial charge is 0.339 e. The molecule has 1 heterocycles. The summed E-state index contributed by atoms with van der Waals surface area (Å²) in [5.74, 6) is -0.685. The predicted octanol–water partition coefficient (Wildman–Crippen LogP) is 0.833. The Kier molecular flexibility index (Phi) is 2.46. The maximum absolute atomic E-state index is 10.8. The van der Waals surface area contributed by atoms with Crippen molar-refractivity contribution in [2.45, 2.75) is 13.8 Å². The summed E-state index contributed by atoms with van der Waals surface area (Å²) in [4.78, 5) is 10.8. The number of carbonyl (C=O) groups is 1. The molecule has 0 aliphatic carbocycles. The zero-order valence-corrected chi connectivity index (χ0v) is 7.75. The number of rotatable bonds is 2. The first-order valence-corrected chi connectivity index (χ1v) is 3.82. The lowest BCUT2D eigenvalue weighted by atomic mass is 10.1. The third kappa shape index (κ3) is 1.58. The molecule has 0 amide bonds. The molecule has 0 saturated heterocycles. The summed E-state index contributed by atoms with van der Waals surface area (Å²) in [7, 11) is 1.62. The molecular formula is C8H11N3O2. The zero-order chi connectivity index (χ0) is 10.0. The van der Waals surface area contributed by atoms with Gasteiger partial charge in [-0.3, -0.25) is 0 Å². The van der Waals surface area contributed by atoms with Crippen molar-refractivity contribution < 1.29 is 9.90 Å². The van der Waals surface area contributed by atoms with Crippen molar-refractivity contribution >= 4 is 11.8 Å². The van der Waals surface area contributed by atoms with E-state index in [1.54, 1.807) is 20.9 Å². The maximum Gasteiger partial charge on any atom is 0.339 e. The van der Waals surface area contributed by atoms with E-state index in [4.69, 9.17) is 5.11 Å². The number of hydrogen-bond donors (Lipinski definition) is 2. The van der Waals surface area contributed by atoms with Gasteiger partial charge in [-0.15, -0.1) is 5.10 Å². The van der Waals surface area contributed by atoms with Crippen LogP contribution in [0.5, 0.6) is 0 Å². The van der Waals surface area contributed by atoms with Gasteiger partial charge in [-0.25, -0.2) is 4.79 Å². The normalized spacial score (nSPS) is 9.77. The molecule has 0 radical (unpaired) electrons. The Hall–Kier alpha value is -1.65. The van der Waals surface area contributed by atoms with Gasteiger partial charge < -0.3 is 10.4 Å². The highest BCUT2D eigenvalue weighted by molar-refractivity contribution is 5.94. The van der Waals surface area contributed by atoms with Gasteiger partial charge in [0.1, 0.15) is 5.56 Å². The molecular weight excluding hydrogens is 170 g/mol. The Bertz CT molecular complexity index is 349. The highest BCUT2D eigenvalue weighted by Gasteiger charge is 2.16. The number of carboxylic acids is 1. The predicted molar refractivity (Wildman–Crippen MR) is 48.0 cm³/mol. The lowest BCUT2D eigenvalue weighted by Crippen LogP contribution is -2.10. The SMILES string of the molecule is CNc1nnc(C)c(C)c1C(=O)O. The minimum Gasteiger partial charge on any atom is -0.478 e. The van der Waals surface area contributed by atoms with Crippen molar-refractivity contribution in [1.82, 2.24) is 10.2 Å². The van der Waals surface area contributed by atoms with Crippen LogP contribution in [0.4, 0.5) is 5.82 Å². The van der Waals surface area contributed by atoms with Crippen LogP contribution in [0.3, 0.4) is 0 Å². The Morgan fingerprint density at radius 3 is 2.46 bits per heavy atom. The van der Waals surface area contributed by atoms with E-state index in [2.05, 4.69) is 15.5 Å². The fraction of sp³-hybridized carbons (Fsp3) is 0.375. The standard InChI is InChI=1S/C8H11N3O2/c1-4-5(2)10-11-7(9-3)6(4)8(12)13/h1-3H3,(H,9,11)(H,12,13). The molecule has 0 aliphatic rings. The minimum absolute atomic E-state index is 0.190. The highest BCUT2D eigenvalue weighted by Crippen LogP contribution is 2.17. The van der Waals surface area contributed by atoms with Crippen LogP contribution in [0.25, 0.3) is 0 Å². The van der Waals surface area contributed by atoms with Crippen LogP contribution < -0.4 is 5.32 Å². The highest BCUT2D eigenvalue weighted by atomic mass is 16.4. The number of hydrogen-bond acceptors (Lipinski definition) is 4. The molecule has 0 aliphatic heterocycles. The molecule has 5 heteroatoms. The van der Waals surface area contributed by atoms with Gasteiger partial charge in [0.05, 0.1) is 5.69 Å². The first-order chi connectivity index (χ1) is 6.07. The fourth-order valence-electron chi connectivity index (χ4n) is 1.05. The molecule has 2 N–H and O–H groups in total. The summed E-state index contributed by atoms with van der Waals surface area (Å²) in [6.07, 6.45) is 0.